The van der Waals surface area contributed by atoms with Crippen molar-refractivity contribution in [3.05, 3.63) is 35.1 Å². The molecular formula is C16H19FN2O4. The predicted octanol–water partition coefficient (Wildman–Crippen LogP) is 1.51. The van der Waals surface area contributed by atoms with Crippen molar-refractivity contribution in [2.75, 3.05) is 19.6 Å². The molecule has 0 atom stereocenters. The standard InChI is InChI=1S/C16H19FN2O4/c1-10(20)18-9-11-4-6-19(7-5-11)15(21)13-3-2-12(16(22)23)8-14(13)17/h2-3,8,11H,4-7,9H2,1H3,(H,18,20)(H,22,23). The highest BCUT2D eigenvalue weighted by Crippen LogP contribution is 2.20. The minimum absolute atomic E-state index is 0.0795. The van der Waals surface area contributed by atoms with Gasteiger partial charge in [0.15, 0.2) is 0 Å². The zero-order valence-electron chi connectivity index (χ0n) is 12.8. The number of amides is 2. The third kappa shape index (κ3) is 4.28. The number of hydrogen-bond acceptors (Lipinski definition) is 3. The monoisotopic (exact) mass is 322 g/mol. The van der Waals surface area contributed by atoms with Crippen LogP contribution in [0.5, 0.6) is 0 Å². The van der Waals surface area contributed by atoms with Gasteiger partial charge in [-0.3, -0.25) is 9.59 Å². The van der Waals surface area contributed by atoms with E-state index >= 15 is 0 Å². The molecule has 0 aromatic heterocycles. The maximum Gasteiger partial charge on any atom is 0.335 e. The number of halogens is 1. The van der Waals surface area contributed by atoms with Gasteiger partial charge in [0, 0.05) is 26.6 Å². The number of nitrogens with one attached hydrogen (secondary N) is 1. The van der Waals surface area contributed by atoms with Gasteiger partial charge in [0.25, 0.3) is 5.91 Å². The molecule has 0 aliphatic carbocycles. The van der Waals surface area contributed by atoms with Crippen LogP contribution in [-0.2, 0) is 4.79 Å². The maximum atomic E-state index is 13.9. The van der Waals surface area contributed by atoms with E-state index in [-0.39, 0.29) is 17.0 Å². The molecule has 2 N–H and O–H groups in total. The number of hydrogen-bond donors (Lipinski definition) is 2. The highest BCUT2D eigenvalue weighted by atomic mass is 19.1. The molecule has 0 unspecified atom stereocenters. The Morgan fingerprint density at radius 3 is 2.48 bits per heavy atom. The molecule has 2 rings (SSSR count). The zero-order chi connectivity index (χ0) is 17.0. The summed E-state index contributed by atoms with van der Waals surface area (Å²) in [5.41, 5.74) is -0.302. The number of carbonyl (C=O) groups is 3. The Hall–Kier alpha value is -2.44. The van der Waals surface area contributed by atoms with E-state index in [0.29, 0.717) is 25.6 Å². The van der Waals surface area contributed by atoms with E-state index < -0.39 is 17.7 Å². The Kier molecular flexibility index (Phi) is 5.31. The van der Waals surface area contributed by atoms with Crippen LogP contribution in [0.4, 0.5) is 4.39 Å². The van der Waals surface area contributed by atoms with Crippen LogP contribution in [0.25, 0.3) is 0 Å². The molecular weight excluding hydrogens is 303 g/mol. The lowest BCUT2D eigenvalue weighted by molar-refractivity contribution is -0.119. The smallest absolute Gasteiger partial charge is 0.335 e. The summed E-state index contributed by atoms with van der Waals surface area (Å²) in [7, 11) is 0. The number of likely N-dealkylation sites (tertiary alicyclic amines) is 1. The van der Waals surface area contributed by atoms with Gasteiger partial charge in [-0.1, -0.05) is 0 Å². The van der Waals surface area contributed by atoms with Gasteiger partial charge in [-0.2, -0.15) is 0 Å². The number of rotatable bonds is 4. The molecule has 6 nitrogen and oxygen atoms in total. The number of carboxylic acid groups (broad SMARTS) is 1. The van der Waals surface area contributed by atoms with E-state index in [1.165, 1.54) is 19.1 Å². The first-order chi connectivity index (χ1) is 10.9. The second-order valence-corrected chi connectivity index (χ2v) is 5.67. The number of carboxylic acids is 1. The normalized spacial score (nSPS) is 15.3. The van der Waals surface area contributed by atoms with Crippen LogP contribution in [0.15, 0.2) is 18.2 Å². The van der Waals surface area contributed by atoms with Crippen LogP contribution in [0.2, 0.25) is 0 Å². The fourth-order valence-corrected chi connectivity index (χ4v) is 2.62. The van der Waals surface area contributed by atoms with Gasteiger partial charge in [0.1, 0.15) is 5.82 Å². The number of carbonyl (C=O) groups excluding carboxylic acids is 2. The zero-order valence-corrected chi connectivity index (χ0v) is 12.8. The molecule has 1 saturated heterocycles. The molecule has 1 aromatic rings. The summed E-state index contributed by atoms with van der Waals surface area (Å²) in [5.74, 6) is -2.26. The van der Waals surface area contributed by atoms with Crippen LogP contribution < -0.4 is 5.32 Å². The van der Waals surface area contributed by atoms with Gasteiger partial charge in [0.2, 0.25) is 5.91 Å². The first-order valence-corrected chi connectivity index (χ1v) is 7.45. The van der Waals surface area contributed by atoms with Crippen molar-refractivity contribution in [3.8, 4) is 0 Å². The van der Waals surface area contributed by atoms with Crippen LogP contribution in [-0.4, -0.2) is 47.4 Å². The van der Waals surface area contributed by atoms with Crippen molar-refractivity contribution in [1.82, 2.24) is 10.2 Å². The maximum absolute atomic E-state index is 13.9. The van der Waals surface area contributed by atoms with E-state index in [0.717, 1.165) is 18.9 Å². The minimum atomic E-state index is -1.23. The molecule has 1 aromatic carbocycles. The largest absolute Gasteiger partial charge is 0.478 e. The third-order valence-corrected chi connectivity index (χ3v) is 3.99. The molecule has 2 amide bonds. The van der Waals surface area contributed by atoms with Gasteiger partial charge < -0.3 is 15.3 Å². The van der Waals surface area contributed by atoms with E-state index in [1.807, 2.05) is 0 Å². The Labute approximate surface area is 133 Å². The SMILES string of the molecule is CC(=O)NCC1CCN(C(=O)c2ccc(C(=O)O)cc2F)CC1. The van der Waals surface area contributed by atoms with Crippen LogP contribution in [0.1, 0.15) is 40.5 Å². The van der Waals surface area contributed by atoms with Gasteiger partial charge in [-0.15, -0.1) is 0 Å². The van der Waals surface area contributed by atoms with Gasteiger partial charge in [-0.25, -0.2) is 9.18 Å². The van der Waals surface area contributed by atoms with Crippen molar-refractivity contribution < 1.29 is 23.9 Å². The minimum Gasteiger partial charge on any atom is -0.478 e. The fraction of sp³-hybridized carbons (Fsp3) is 0.438. The number of benzene rings is 1. The molecule has 23 heavy (non-hydrogen) atoms. The second kappa shape index (κ2) is 7.21. The van der Waals surface area contributed by atoms with Crippen molar-refractivity contribution in [3.63, 3.8) is 0 Å². The summed E-state index contributed by atoms with van der Waals surface area (Å²) in [6, 6.07) is 3.30. The lowest BCUT2D eigenvalue weighted by Gasteiger charge is -2.32. The summed E-state index contributed by atoms with van der Waals surface area (Å²) in [6.45, 7) is 3.02. The highest BCUT2D eigenvalue weighted by molar-refractivity contribution is 5.96. The molecule has 1 heterocycles. The Bertz CT molecular complexity index is 625. The quantitative estimate of drug-likeness (QED) is 0.880. The van der Waals surface area contributed by atoms with Crippen molar-refractivity contribution in [2.24, 2.45) is 5.92 Å². The lowest BCUT2D eigenvalue weighted by Crippen LogP contribution is -2.41. The highest BCUT2D eigenvalue weighted by Gasteiger charge is 2.25. The Morgan fingerprint density at radius 2 is 1.96 bits per heavy atom. The molecule has 0 saturated carbocycles. The summed E-state index contributed by atoms with van der Waals surface area (Å²) in [5, 5.41) is 11.6. The summed E-state index contributed by atoms with van der Waals surface area (Å²) >= 11 is 0. The Morgan fingerprint density at radius 1 is 1.30 bits per heavy atom. The van der Waals surface area contributed by atoms with Crippen LogP contribution >= 0.6 is 0 Å². The van der Waals surface area contributed by atoms with Crippen LogP contribution in [0.3, 0.4) is 0 Å². The second-order valence-electron chi connectivity index (χ2n) is 5.67. The fourth-order valence-electron chi connectivity index (χ4n) is 2.62. The van der Waals surface area contributed by atoms with E-state index in [9.17, 15) is 18.8 Å². The molecule has 1 fully saturated rings. The first kappa shape index (κ1) is 16.9. The summed E-state index contributed by atoms with van der Waals surface area (Å²) < 4.78 is 13.9. The topological polar surface area (TPSA) is 86.7 Å². The van der Waals surface area contributed by atoms with Gasteiger partial charge >= 0.3 is 5.97 Å². The molecule has 124 valence electrons. The van der Waals surface area contributed by atoms with Gasteiger partial charge in [0.05, 0.1) is 11.1 Å². The average Bonchev–Trinajstić information content (AvgIpc) is 2.52. The molecule has 0 spiro atoms. The predicted molar refractivity (Wildman–Crippen MR) is 80.7 cm³/mol. The van der Waals surface area contributed by atoms with Crippen molar-refractivity contribution in [2.45, 2.75) is 19.8 Å². The molecule has 7 heteroatoms. The van der Waals surface area contributed by atoms with Crippen molar-refractivity contribution in [1.29, 1.82) is 0 Å². The third-order valence-electron chi connectivity index (χ3n) is 3.99. The lowest BCUT2D eigenvalue weighted by atomic mass is 9.96. The van der Waals surface area contributed by atoms with E-state index in [1.54, 1.807) is 4.90 Å². The summed E-state index contributed by atoms with van der Waals surface area (Å²) in [4.78, 5) is 35.6. The first-order valence-electron chi connectivity index (χ1n) is 7.45. The molecule has 0 bridgehead atoms. The molecule has 1 aliphatic heterocycles. The van der Waals surface area contributed by atoms with Crippen LogP contribution in [0, 0.1) is 11.7 Å². The van der Waals surface area contributed by atoms with Gasteiger partial charge in [-0.05, 0) is 37.0 Å². The Balaban J connectivity index is 1.97. The average molecular weight is 322 g/mol. The molecule has 0 radical (unpaired) electrons. The molecule has 1 aliphatic rings. The van der Waals surface area contributed by atoms with E-state index in [4.69, 9.17) is 5.11 Å². The van der Waals surface area contributed by atoms with Crippen molar-refractivity contribution >= 4 is 17.8 Å². The number of piperidine rings is 1. The number of aromatic carboxylic acids is 1. The van der Waals surface area contributed by atoms with E-state index in [2.05, 4.69) is 5.32 Å². The summed E-state index contributed by atoms with van der Waals surface area (Å²) in [6.07, 6.45) is 1.47. The number of nitrogens with zero attached hydrogens (tertiary/aromatic N) is 1.